The van der Waals surface area contributed by atoms with Crippen LogP contribution in [0.15, 0.2) is 17.0 Å². The highest BCUT2D eigenvalue weighted by molar-refractivity contribution is 7.90. The molecule has 0 radical (unpaired) electrons. The predicted octanol–water partition coefficient (Wildman–Crippen LogP) is 6.09. The molecule has 3 atom stereocenters. The smallest absolute Gasteiger partial charge is 0.407 e. The number of aliphatic carboxylic acids is 1. The molecule has 1 unspecified atom stereocenters. The van der Waals surface area contributed by atoms with Crippen molar-refractivity contribution in [1.82, 2.24) is 19.7 Å². The maximum atomic E-state index is 16.2. The van der Waals surface area contributed by atoms with Crippen LogP contribution >= 0.6 is 0 Å². The summed E-state index contributed by atoms with van der Waals surface area (Å²) >= 11 is 0. The number of aromatic nitrogens is 3. The van der Waals surface area contributed by atoms with E-state index < -0.39 is 66.7 Å². The van der Waals surface area contributed by atoms with Crippen molar-refractivity contribution in [2.24, 2.45) is 22.2 Å². The van der Waals surface area contributed by atoms with Crippen molar-refractivity contribution in [2.75, 3.05) is 18.1 Å². The second-order valence-corrected chi connectivity index (χ2v) is 17.4. The number of carbonyl (C=O) groups is 2. The highest BCUT2D eigenvalue weighted by Gasteiger charge is 2.66. The fourth-order valence-electron chi connectivity index (χ4n) is 7.33. The van der Waals surface area contributed by atoms with E-state index in [0.29, 0.717) is 5.82 Å². The molecule has 13 heteroatoms. The summed E-state index contributed by atoms with van der Waals surface area (Å²) in [6, 6.07) is 2.83. The molecule has 3 heterocycles. The minimum atomic E-state index is -4.10. The average molecular weight is 638 g/mol. The Balaban J connectivity index is 2.31. The Kier molecular flexibility index (Phi) is 8.81. The number of amides is 1. The molecule has 3 N–H and O–H groups in total. The van der Waals surface area contributed by atoms with E-state index in [4.69, 9.17) is 0 Å². The standard InChI is InChI=1S/C31H48FN5O6S/c1-18-15-22(35-37(18)29(8,9)10)34-21-16-20(44(12,42)43)23(32)19(33-21)17-31(25(38)39)13-14-36(26(40)41)30(11,28(5,6)7)24(31)27(2,3)4/h15-16,24H,13-14,17H2,1-12H3,(H,38,39)(H,40,41)(H,33,34,35)/t24?,30-,31-/m1/s1. The zero-order valence-corrected chi connectivity index (χ0v) is 28.8. The molecule has 1 fully saturated rings. The number of likely N-dealkylation sites (tertiary alicyclic amines) is 1. The van der Waals surface area contributed by atoms with E-state index in [9.17, 15) is 28.2 Å². The van der Waals surface area contributed by atoms with Crippen molar-refractivity contribution in [3.05, 3.63) is 29.3 Å². The van der Waals surface area contributed by atoms with Crippen LogP contribution in [0.5, 0.6) is 0 Å². The number of anilines is 2. The van der Waals surface area contributed by atoms with Gasteiger partial charge >= 0.3 is 12.1 Å². The van der Waals surface area contributed by atoms with Gasteiger partial charge < -0.3 is 20.4 Å². The van der Waals surface area contributed by atoms with E-state index in [1.807, 2.05) is 69.2 Å². The summed E-state index contributed by atoms with van der Waals surface area (Å²) in [4.78, 5) is 31.2. The minimum absolute atomic E-state index is 0.00483. The fourth-order valence-corrected chi connectivity index (χ4v) is 8.10. The third kappa shape index (κ3) is 6.16. The lowest BCUT2D eigenvalue weighted by molar-refractivity contribution is -0.188. The summed E-state index contributed by atoms with van der Waals surface area (Å²) in [6.45, 7) is 20.6. The molecule has 0 aliphatic carbocycles. The van der Waals surface area contributed by atoms with Gasteiger partial charge in [-0.05, 0) is 51.9 Å². The van der Waals surface area contributed by atoms with Gasteiger partial charge in [-0.15, -0.1) is 0 Å². The maximum absolute atomic E-state index is 16.2. The monoisotopic (exact) mass is 637 g/mol. The Labute approximate surface area is 260 Å². The average Bonchev–Trinajstić information content (AvgIpc) is 3.18. The van der Waals surface area contributed by atoms with Gasteiger partial charge in [0.2, 0.25) is 0 Å². The highest BCUT2D eigenvalue weighted by Crippen LogP contribution is 2.60. The molecule has 0 spiro atoms. The molecular weight excluding hydrogens is 589 g/mol. The zero-order valence-electron chi connectivity index (χ0n) is 28.0. The van der Waals surface area contributed by atoms with E-state index in [1.54, 1.807) is 17.7 Å². The number of carboxylic acid groups (broad SMARTS) is 2. The van der Waals surface area contributed by atoms with Crippen LogP contribution in [0.4, 0.5) is 20.8 Å². The van der Waals surface area contributed by atoms with E-state index in [0.717, 1.165) is 18.0 Å². The maximum Gasteiger partial charge on any atom is 0.407 e. The van der Waals surface area contributed by atoms with Crippen molar-refractivity contribution >= 4 is 33.5 Å². The lowest BCUT2D eigenvalue weighted by Gasteiger charge is -2.64. The van der Waals surface area contributed by atoms with Gasteiger partial charge in [0.15, 0.2) is 21.5 Å². The van der Waals surface area contributed by atoms with Gasteiger partial charge in [-0.2, -0.15) is 5.10 Å². The van der Waals surface area contributed by atoms with Crippen molar-refractivity contribution in [2.45, 2.75) is 105 Å². The number of nitrogens with zero attached hydrogens (tertiary/aromatic N) is 4. The minimum Gasteiger partial charge on any atom is -0.481 e. The quantitative estimate of drug-likeness (QED) is 0.341. The predicted molar refractivity (Wildman–Crippen MR) is 166 cm³/mol. The molecule has 1 amide bonds. The zero-order chi connectivity index (χ0) is 34.0. The van der Waals surface area contributed by atoms with Crippen LogP contribution in [0.1, 0.15) is 87.0 Å². The number of rotatable bonds is 6. The van der Waals surface area contributed by atoms with E-state index in [2.05, 4.69) is 15.4 Å². The fraction of sp³-hybridized carbons (Fsp3) is 0.677. The van der Waals surface area contributed by atoms with Crippen molar-refractivity contribution in [3.63, 3.8) is 0 Å². The van der Waals surface area contributed by atoms with Crippen LogP contribution in [-0.4, -0.2) is 68.7 Å². The molecule has 1 aliphatic heterocycles. The molecule has 44 heavy (non-hydrogen) atoms. The van der Waals surface area contributed by atoms with Crippen LogP contribution in [0.2, 0.25) is 0 Å². The number of sulfone groups is 1. The molecule has 1 aliphatic rings. The Morgan fingerprint density at radius 1 is 1.07 bits per heavy atom. The second kappa shape index (κ2) is 11.0. The van der Waals surface area contributed by atoms with Crippen LogP contribution in [0.3, 0.4) is 0 Å². The number of pyridine rings is 1. The van der Waals surface area contributed by atoms with Gasteiger partial charge in [-0.25, -0.2) is 22.6 Å². The Bertz CT molecular complexity index is 1570. The van der Waals surface area contributed by atoms with Gasteiger partial charge in [0.25, 0.3) is 0 Å². The highest BCUT2D eigenvalue weighted by atomic mass is 32.2. The summed E-state index contributed by atoms with van der Waals surface area (Å²) in [5.74, 6) is -2.83. The van der Waals surface area contributed by atoms with Gasteiger partial charge in [-0.3, -0.25) is 9.48 Å². The number of hydrogen-bond acceptors (Lipinski definition) is 7. The SMILES string of the molecule is Cc1cc(Nc2cc(S(C)(=O)=O)c(F)c(C[C@]3(C(=O)O)CCN(C(=O)O)[C@@](C)(C(C)(C)C)C3C(C)(C)C)n2)nn1C(C)(C)C. The van der Waals surface area contributed by atoms with E-state index in [1.165, 1.54) is 4.90 Å². The molecule has 0 saturated carbocycles. The summed E-state index contributed by atoms with van der Waals surface area (Å²) < 4.78 is 43.5. The van der Waals surface area contributed by atoms with Crippen molar-refractivity contribution in [3.8, 4) is 0 Å². The lowest BCUT2D eigenvalue weighted by atomic mass is 9.47. The topological polar surface area (TPSA) is 155 Å². The summed E-state index contributed by atoms with van der Waals surface area (Å²) in [6.07, 6.45) is -0.868. The lowest BCUT2D eigenvalue weighted by Crippen LogP contribution is -2.72. The Morgan fingerprint density at radius 2 is 1.64 bits per heavy atom. The number of piperidine rings is 1. The number of carboxylic acids is 1. The summed E-state index contributed by atoms with van der Waals surface area (Å²) in [5, 5.41) is 28.8. The number of nitrogens with one attached hydrogen (secondary N) is 1. The third-order valence-electron chi connectivity index (χ3n) is 9.15. The molecule has 2 aromatic heterocycles. The summed E-state index contributed by atoms with van der Waals surface area (Å²) in [5.41, 5.74) is -4.27. The van der Waals surface area contributed by atoms with Crippen molar-refractivity contribution < 1.29 is 32.6 Å². The van der Waals surface area contributed by atoms with Crippen molar-refractivity contribution in [1.29, 1.82) is 0 Å². The first-order chi connectivity index (χ1) is 19.7. The van der Waals surface area contributed by atoms with Gasteiger partial charge in [0.1, 0.15) is 10.7 Å². The molecular formula is C31H48FN5O6S. The van der Waals surface area contributed by atoms with Gasteiger partial charge in [-0.1, -0.05) is 41.5 Å². The van der Waals surface area contributed by atoms with E-state index in [-0.39, 0.29) is 30.0 Å². The third-order valence-corrected chi connectivity index (χ3v) is 10.2. The molecule has 1 saturated heterocycles. The first-order valence-electron chi connectivity index (χ1n) is 14.7. The molecule has 246 valence electrons. The first-order valence-corrected chi connectivity index (χ1v) is 16.5. The van der Waals surface area contributed by atoms with Gasteiger partial charge in [0, 0.05) is 43.0 Å². The van der Waals surface area contributed by atoms with Crippen LogP contribution < -0.4 is 5.32 Å². The Hall–Kier alpha value is -3.22. The normalized spacial score (nSPS) is 23.5. The van der Waals surface area contributed by atoms with Crippen LogP contribution in [-0.2, 0) is 26.6 Å². The molecule has 3 rings (SSSR count). The molecule has 2 aromatic rings. The molecule has 0 bridgehead atoms. The molecule has 11 nitrogen and oxygen atoms in total. The largest absolute Gasteiger partial charge is 0.481 e. The van der Waals surface area contributed by atoms with Crippen LogP contribution in [0.25, 0.3) is 0 Å². The first kappa shape index (κ1) is 35.3. The second-order valence-electron chi connectivity index (χ2n) is 15.4. The number of halogens is 1. The van der Waals surface area contributed by atoms with E-state index >= 15 is 4.39 Å². The van der Waals surface area contributed by atoms with Crippen LogP contribution in [0, 0.1) is 34.9 Å². The van der Waals surface area contributed by atoms with Gasteiger partial charge in [0.05, 0.1) is 22.2 Å². The summed E-state index contributed by atoms with van der Waals surface area (Å²) in [7, 11) is -4.10. The number of aryl methyl sites for hydroxylation is 1. The number of hydrogen-bond donors (Lipinski definition) is 3. The Morgan fingerprint density at radius 3 is 2.05 bits per heavy atom. The molecule has 0 aromatic carbocycles.